The molecule has 0 aromatic rings. The van der Waals surface area contributed by atoms with Gasteiger partial charge in [0.25, 0.3) is 0 Å². The van der Waals surface area contributed by atoms with Crippen molar-refractivity contribution in [2.24, 2.45) is 0 Å². The molecule has 0 heterocycles. The van der Waals surface area contributed by atoms with Gasteiger partial charge in [0.05, 0.1) is 29.9 Å². The minimum Gasteiger partial charge on any atom is -0.549 e. The minimum absolute atomic E-state index is 0. The van der Waals surface area contributed by atoms with Gasteiger partial charge in [-0.25, -0.2) is 0 Å². The number of aliphatic hydroxyl groups is 1. The van der Waals surface area contributed by atoms with Crippen LogP contribution in [-0.2, 0) is 19.2 Å². The predicted molar refractivity (Wildman–Crippen MR) is 75.0 cm³/mol. The SMILES string of the molecule is O=C([O-])CN(CCN(CC(=O)[O-])C(CCO)C(=O)[O-])CC(=O)[O-].[Mg+2].[Mg+2]. The van der Waals surface area contributed by atoms with Crippen molar-refractivity contribution in [2.45, 2.75) is 12.5 Å². The molecule has 0 radical (unpaired) electrons. The van der Waals surface area contributed by atoms with Crippen molar-refractivity contribution in [3.05, 3.63) is 0 Å². The smallest absolute Gasteiger partial charge is 0.549 e. The zero-order valence-corrected chi connectivity index (χ0v) is 16.4. The van der Waals surface area contributed by atoms with E-state index in [1.807, 2.05) is 0 Å². The number of rotatable bonds is 13. The van der Waals surface area contributed by atoms with Crippen LogP contribution in [0.5, 0.6) is 0 Å². The Morgan fingerprint density at radius 2 is 1.24 bits per heavy atom. The van der Waals surface area contributed by atoms with Gasteiger partial charge in [-0.1, -0.05) is 0 Å². The van der Waals surface area contributed by atoms with Crippen LogP contribution in [0.2, 0.25) is 0 Å². The Hall–Kier alpha value is -0.708. The number of hydrogen-bond acceptors (Lipinski definition) is 11. The predicted octanol–water partition coefficient (Wildman–Crippen LogP) is -8.42. The van der Waals surface area contributed by atoms with Crippen LogP contribution in [-0.4, -0.2) is 130 Å². The van der Waals surface area contributed by atoms with Crippen molar-refractivity contribution >= 4 is 70.0 Å². The van der Waals surface area contributed by atoms with Gasteiger partial charge in [-0.15, -0.1) is 0 Å². The third kappa shape index (κ3) is 14.2. The normalized spacial score (nSPS) is 11.3. The topological polar surface area (TPSA) is 187 Å². The second kappa shape index (κ2) is 15.5. The zero-order chi connectivity index (χ0) is 18.0. The fourth-order valence-corrected chi connectivity index (χ4v) is 1.93. The van der Waals surface area contributed by atoms with E-state index in [9.17, 15) is 39.6 Å². The number of aliphatic carboxylic acids is 4. The van der Waals surface area contributed by atoms with Gasteiger partial charge in [0.2, 0.25) is 0 Å². The van der Waals surface area contributed by atoms with E-state index in [0.717, 1.165) is 9.80 Å². The maximum atomic E-state index is 11.0. The number of hydrogen-bond donors (Lipinski definition) is 1. The van der Waals surface area contributed by atoms with Gasteiger partial charge in [-0.3, -0.25) is 9.80 Å². The van der Waals surface area contributed by atoms with Gasteiger partial charge in [-0.2, -0.15) is 0 Å². The van der Waals surface area contributed by atoms with E-state index in [2.05, 4.69) is 0 Å². The Balaban J connectivity index is -0.00000242. The molecule has 0 aliphatic rings. The maximum Gasteiger partial charge on any atom is 2.00 e. The van der Waals surface area contributed by atoms with Crippen LogP contribution in [0.25, 0.3) is 0 Å². The largest absolute Gasteiger partial charge is 2.00 e. The van der Waals surface area contributed by atoms with Crippen molar-refractivity contribution in [3.63, 3.8) is 0 Å². The molecule has 0 aliphatic heterocycles. The molecule has 0 rings (SSSR count). The molecular formula is C12H16Mg2N2O9. The molecule has 25 heavy (non-hydrogen) atoms. The van der Waals surface area contributed by atoms with Gasteiger partial charge in [-0.05, 0) is 6.42 Å². The second-order valence-corrected chi connectivity index (χ2v) is 4.64. The summed E-state index contributed by atoms with van der Waals surface area (Å²) in [7, 11) is 0. The molecule has 0 saturated carbocycles. The first-order chi connectivity index (χ1) is 10.7. The first-order valence-corrected chi connectivity index (χ1v) is 6.55. The number of carbonyl (C=O) groups is 4. The summed E-state index contributed by atoms with van der Waals surface area (Å²) >= 11 is 0. The molecule has 0 aromatic heterocycles. The average Bonchev–Trinajstić information content (AvgIpc) is 2.38. The second-order valence-electron chi connectivity index (χ2n) is 4.64. The third-order valence-electron chi connectivity index (χ3n) is 2.86. The third-order valence-corrected chi connectivity index (χ3v) is 2.86. The summed E-state index contributed by atoms with van der Waals surface area (Å²) < 4.78 is 0. The summed E-state index contributed by atoms with van der Waals surface area (Å²) in [6, 6.07) is -1.45. The molecule has 1 unspecified atom stereocenters. The van der Waals surface area contributed by atoms with E-state index in [4.69, 9.17) is 5.11 Å². The van der Waals surface area contributed by atoms with Crippen molar-refractivity contribution < 1.29 is 44.7 Å². The first kappa shape index (κ1) is 29.1. The Morgan fingerprint density at radius 1 is 0.800 bits per heavy atom. The molecule has 13 heteroatoms. The molecule has 0 fully saturated rings. The summed E-state index contributed by atoms with van der Waals surface area (Å²) in [5, 5.41) is 51.6. The van der Waals surface area contributed by atoms with E-state index < -0.39 is 56.2 Å². The molecule has 11 nitrogen and oxygen atoms in total. The van der Waals surface area contributed by atoms with E-state index in [0.29, 0.717) is 0 Å². The number of carboxylic acids is 4. The van der Waals surface area contributed by atoms with Gasteiger partial charge < -0.3 is 44.7 Å². The molecule has 0 aliphatic carbocycles. The molecule has 0 bridgehead atoms. The van der Waals surface area contributed by atoms with Crippen LogP contribution in [0.1, 0.15) is 6.42 Å². The maximum absolute atomic E-state index is 11.0. The van der Waals surface area contributed by atoms with Gasteiger partial charge in [0.1, 0.15) is 0 Å². The fraction of sp³-hybridized carbons (Fsp3) is 0.667. The molecule has 0 amide bonds. The molecule has 0 saturated heterocycles. The summed E-state index contributed by atoms with van der Waals surface area (Å²) in [5.41, 5.74) is 0. The molecule has 0 aromatic carbocycles. The van der Waals surface area contributed by atoms with Crippen LogP contribution in [0, 0.1) is 0 Å². The Bertz CT molecular complexity index is 434. The summed E-state index contributed by atoms with van der Waals surface area (Å²) in [4.78, 5) is 44.5. The molecule has 132 valence electrons. The van der Waals surface area contributed by atoms with Gasteiger partial charge in [0, 0.05) is 39.3 Å². The standard InChI is InChI=1S/C12H20N2O9.2Mg/c15-4-1-8(12(22)23)14(7-11(20)21)3-2-13(5-9(16)17)6-10(18)19;;/h8,15H,1-7H2,(H,16,17)(H,18,19)(H,20,21)(H,22,23);;/q;2*+2/p-4. The summed E-state index contributed by atoms with van der Waals surface area (Å²) in [5.74, 6) is -6.36. The van der Waals surface area contributed by atoms with Crippen molar-refractivity contribution in [3.8, 4) is 0 Å². The average molecular weight is 381 g/mol. The Morgan fingerprint density at radius 3 is 1.56 bits per heavy atom. The Kier molecular flexibility index (Phi) is 18.1. The quantitative estimate of drug-likeness (QED) is 0.299. The summed E-state index contributed by atoms with van der Waals surface area (Å²) in [6.07, 6.45) is -0.323. The van der Waals surface area contributed by atoms with E-state index in [1.54, 1.807) is 0 Å². The molecule has 0 spiro atoms. The number of nitrogens with zero attached hydrogens (tertiary/aromatic N) is 2. The zero-order valence-electron chi connectivity index (χ0n) is 13.5. The van der Waals surface area contributed by atoms with Gasteiger partial charge >= 0.3 is 46.1 Å². The van der Waals surface area contributed by atoms with E-state index >= 15 is 0 Å². The van der Waals surface area contributed by atoms with Crippen molar-refractivity contribution in [2.75, 3.05) is 39.3 Å². The number of carbonyl (C=O) groups excluding carboxylic acids is 4. The molecular weight excluding hydrogens is 365 g/mol. The van der Waals surface area contributed by atoms with Crippen LogP contribution < -0.4 is 20.4 Å². The Labute approximate surface area is 175 Å². The first-order valence-electron chi connectivity index (χ1n) is 6.55. The van der Waals surface area contributed by atoms with Crippen LogP contribution >= 0.6 is 0 Å². The monoisotopic (exact) mass is 380 g/mol. The molecule has 1 N–H and O–H groups in total. The van der Waals surface area contributed by atoms with Crippen molar-refractivity contribution in [1.82, 2.24) is 9.80 Å². The minimum atomic E-state index is -1.63. The number of aliphatic hydroxyl groups excluding tert-OH is 1. The van der Waals surface area contributed by atoms with Crippen molar-refractivity contribution in [1.29, 1.82) is 0 Å². The summed E-state index contributed by atoms with van der Waals surface area (Å²) in [6.45, 7) is -3.49. The van der Waals surface area contributed by atoms with Crippen LogP contribution in [0.15, 0.2) is 0 Å². The van der Waals surface area contributed by atoms with E-state index in [1.165, 1.54) is 0 Å². The van der Waals surface area contributed by atoms with Crippen LogP contribution in [0.3, 0.4) is 0 Å². The molecule has 1 atom stereocenters. The van der Waals surface area contributed by atoms with E-state index in [-0.39, 0.29) is 65.6 Å². The van der Waals surface area contributed by atoms with Crippen LogP contribution in [0.4, 0.5) is 0 Å². The number of carboxylic acid groups (broad SMARTS) is 4. The fourth-order valence-electron chi connectivity index (χ4n) is 1.93. The van der Waals surface area contributed by atoms with Gasteiger partial charge in [0.15, 0.2) is 0 Å².